The molecule has 0 unspecified atom stereocenters. The number of fused-ring (bicyclic) bond motifs is 1. The first kappa shape index (κ1) is 19.3. The zero-order chi connectivity index (χ0) is 18.6. The van der Waals surface area contributed by atoms with Gasteiger partial charge in [-0.05, 0) is 62.6 Å². The maximum Gasteiger partial charge on any atom is 0.224 e. The van der Waals surface area contributed by atoms with Crippen molar-refractivity contribution in [1.82, 2.24) is 20.2 Å². The normalized spacial score (nSPS) is 19.9. The van der Waals surface area contributed by atoms with Crippen molar-refractivity contribution in [3.05, 3.63) is 16.2 Å². The van der Waals surface area contributed by atoms with Crippen LogP contribution in [0.15, 0.2) is 6.07 Å². The Labute approximate surface area is 169 Å². The van der Waals surface area contributed by atoms with Crippen LogP contribution in [0.25, 0.3) is 10.2 Å². The fourth-order valence-corrected chi connectivity index (χ4v) is 5.17. The summed E-state index contributed by atoms with van der Waals surface area (Å²) in [5, 5.41) is 3.98. The van der Waals surface area contributed by atoms with E-state index in [0.717, 1.165) is 61.3 Å². The van der Waals surface area contributed by atoms with Gasteiger partial charge in [-0.1, -0.05) is 6.92 Å². The number of hydrogen-bond donors (Lipinski definition) is 1. The number of nitrogens with one attached hydrogen (secondary N) is 1. The van der Waals surface area contributed by atoms with Gasteiger partial charge >= 0.3 is 0 Å². The van der Waals surface area contributed by atoms with Crippen LogP contribution in [0.3, 0.4) is 0 Å². The molecule has 0 saturated carbocycles. The van der Waals surface area contributed by atoms with Crippen molar-refractivity contribution < 1.29 is 4.74 Å². The second-order valence-corrected chi connectivity index (χ2v) is 8.83. The highest BCUT2D eigenvalue weighted by atomic mass is 35.5. The van der Waals surface area contributed by atoms with Crippen molar-refractivity contribution in [2.45, 2.75) is 26.3 Å². The molecule has 0 amide bonds. The molecule has 8 heteroatoms. The van der Waals surface area contributed by atoms with Gasteiger partial charge in [0, 0.05) is 24.5 Å². The maximum absolute atomic E-state index is 6.19. The lowest BCUT2D eigenvalue weighted by Crippen LogP contribution is -2.36. The minimum Gasteiger partial charge on any atom is -0.378 e. The molecule has 2 aliphatic rings. The Morgan fingerprint density at radius 1 is 1.22 bits per heavy atom. The van der Waals surface area contributed by atoms with Gasteiger partial charge in [0.05, 0.1) is 23.4 Å². The Morgan fingerprint density at radius 3 is 2.74 bits per heavy atom. The molecule has 4 rings (SSSR count). The van der Waals surface area contributed by atoms with E-state index in [9.17, 15) is 0 Å². The zero-order valence-electron chi connectivity index (χ0n) is 15.9. The van der Waals surface area contributed by atoms with Crippen molar-refractivity contribution >= 4 is 39.0 Å². The summed E-state index contributed by atoms with van der Waals surface area (Å²) in [5.74, 6) is 1.75. The molecule has 148 valence electrons. The predicted molar refractivity (Wildman–Crippen MR) is 112 cm³/mol. The Balaban J connectivity index is 1.39. The minimum atomic E-state index is 0.323. The summed E-state index contributed by atoms with van der Waals surface area (Å²) in [5.41, 5.74) is 0.953. The number of halogens is 1. The van der Waals surface area contributed by atoms with Gasteiger partial charge in [0.15, 0.2) is 5.82 Å². The fraction of sp³-hybridized carbons (Fsp3) is 0.684. The van der Waals surface area contributed by atoms with E-state index in [1.807, 2.05) is 0 Å². The summed E-state index contributed by atoms with van der Waals surface area (Å²) in [6.07, 6.45) is 2.60. The molecule has 1 N–H and O–H groups in total. The zero-order valence-corrected chi connectivity index (χ0v) is 17.5. The smallest absolute Gasteiger partial charge is 0.224 e. The van der Waals surface area contributed by atoms with Crippen molar-refractivity contribution in [2.75, 3.05) is 57.4 Å². The molecule has 2 aromatic rings. The molecule has 2 aliphatic heterocycles. The first-order chi connectivity index (χ1) is 13.2. The molecule has 0 aliphatic carbocycles. The van der Waals surface area contributed by atoms with Gasteiger partial charge in [0.2, 0.25) is 5.28 Å². The molecule has 2 aromatic heterocycles. The number of ether oxygens (including phenoxy) is 1. The van der Waals surface area contributed by atoms with E-state index in [-0.39, 0.29) is 0 Å². The number of aromatic nitrogens is 2. The van der Waals surface area contributed by atoms with E-state index in [0.29, 0.717) is 5.28 Å². The number of anilines is 1. The van der Waals surface area contributed by atoms with Crippen LogP contribution in [-0.2, 0) is 11.3 Å². The maximum atomic E-state index is 6.19. The fourth-order valence-electron chi connectivity index (χ4n) is 3.92. The Kier molecular flexibility index (Phi) is 6.45. The lowest BCUT2D eigenvalue weighted by atomic mass is 9.97. The summed E-state index contributed by atoms with van der Waals surface area (Å²) in [4.78, 5) is 15.1. The second-order valence-electron chi connectivity index (χ2n) is 7.35. The van der Waals surface area contributed by atoms with Crippen molar-refractivity contribution in [2.24, 2.45) is 5.92 Å². The van der Waals surface area contributed by atoms with Crippen LogP contribution in [0, 0.1) is 5.92 Å². The van der Waals surface area contributed by atoms with E-state index in [1.54, 1.807) is 11.3 Å². The van der Waals surface area contributed by atoms with Crippen molar-refractivity contribution in [3.63, 3.8) is 0 Å². The third-order valence-corrected chi connectivity index (χ3v) is 6.86. The number of rotatable bonds is 6. The van der Waals surface area contributed by atoms with Crippen LogP contribution in [0.5, 0.6) is 0 Å². The van der Waals surface area contributed by atoms with Crippen molar-refractivity contribution in [1.29, 1.82) is 0 Å². The number of thiophene rings is 1. The number of piperidine rings is 1. The van der Waals surface area contributed by atoms with Gasteiger partial charge < -0.3 is 19.9 Å². The molecule has 0 aromatic carbocycles. The molecule has 0 radical (unpaired) electrons. The molecule has 0 bridgehead atoms. The lowest BCUT2D eigenvalue weighted by Gasteiger charge is -2.31. The molecule has 27 heavy (non-hydrogen) atoms. The summed E-state index contributed by atoms with van der Waals surface area (Å²) < 4.78 is 6.60. The highest BCUT2D eigenvalue weighted by molar-refractivity contribution is 7.19. The van der Waals surface area contributed by atoms with Crippen molar-refractivity contribution in [3.8, 4) is 0 Å². The number of hydrogen-bond acceptors (Lipinski definition) is 7. The number of likely N-dealkylation sites (tertiary alicyclic amines) is 1. The van der Waals surface area contributed by atoms with Crippen LogP contribution >= 0.6 is 22.9 Å². The van der Waals surface area contributed by atoms with Crippen LogP contribution < -0.4 is 10.2 Å². The van der Waals surface area contributed by atoms with Gasteiger partial charge in [-0.2, -0.15) is 4.98 Å². The molecule has 6 nitrogen and oxygen atoms in total. The van der Waals surface area contributed by atoms with Gasteiger partial charge in [-0.25, -0.2) is 4.98 Å². The van der Waals surface area contributed by atoms with Gasteiger partial charge in [-0.3, -0.25) is 0 Å². The summed E-state index contributed by atoms with van der Waals surface area (Å²) >= 11 is 7.97. The Hall–Kier alpha value is -0.990. The molecule has 0 atom stereocenters. The first-order valence-corrected chi connectivity index (χ1v) is 11.1. The highest BCUT2D eigenvalue weighted by Crippen LogP contribution is 2.33. The average molecular weight is 410 g/mol. The lowest BCUT2D eigenvalue weighted by molar-refractivity contribution is 0.122. The molecular formula is C19H28ClN5OS. The second kappa shape index (κ2) is 9.01. The molecule has 2 fully saturated rings. The SMILES string of the molecule is CCN1CCC(CNCc2cc3nc(Cl)nc(N4CCOCC4)c3s2)CC1. The summed E-state index contributed by atoms with van der Waals surface area (Å²) in [6, 6.07) is 2.16. The molecular weight excluding hydrogens is 382 g/mol. The topological polar surface area (TPSA) is 53.5 Å². The van der Waals surface area contributed by atoms with Crippen LogP contribution in [0.4, 0.5) is 5.82 Å². The third kappa shape index (κ3) is 4.71. The molecule has 0 spiro atoms. The predicted octanol–water partition coefficient (Wildman–Crippen LogP) is 3.00. The Bertz CT molecular complexity index is 756. The van der Waals surface area contributed by atoms with Gasteiger partial charge in [0.1, 0.15) is 0 Å². The van der Waals surface area contributed by atoms with Crippen LogP contribution in [0.2, 0.25) is 5.28 Å². The summed E-state index contributed by atoms with van der Waals surface area (Å²) in [7, 11) is 0. The van der Waals surface area contributed by atoms with E-state index < -0.39 is 0 Å². The average Bonchev–Trinajstić information content (AvgIpc) is 3.11. The Morgan fingerprint density at radius 2 is 2.00 bits per heavy atom. The standard InChI is InChI=1S/C19H28ClN5OS/c1-2-24-5-3-14(4-6-24)12-21-13-15-11-16-17(27-15)18(23-19(20)22-16)25-7-9-26-10-8-25/h11,14,21H,2-10,12-13H2,1H3. The number of morpholine rings is 1. The third-order valence-electron chi connectivity index (χ3n) is 5.57. The van der Waals surface area contributed by atoms with E-state index in [4.69, 9.17) is 16.3 Å². The van der Waals surface area contributed by atoms with E-state index in [1.165, 1.54) is 37.4 Å². The summed E-state index contributed by atoms with van der Waals surface area (Å²) in [6.45, 7) is 11.1. The van der Waals surface area contributed by atoms with Crippen LogP contribution in [0.1, 0.15) is 24.6 Å². The highest BCUT2D eigenvalue weighted by Gasteiger charge is 2.20. The van der Waals surface area contributed by atoms with E-state index in [2.05, 4.69) is 38.1 Å². The molecule has 4 heterocycles. The molecule has 2 saturated heterocycles. The minimum absolute atomic E-state index is 0.323. The van der Waals surface area contributed by atoms with E-state index >= 15 is 0 Å². The monoisotopic (exact) mass is 409 g/mol. The largest absolute Gasteiger partial charge is 0.378 e. The van der Waals surface area contributed by atoms with Gasteiger partial charge in [-0.15, -0.1) is 11.3 Å². The van der Waals surface area contributed by atoms with Crippen LogP contribution in [-0.4, -0.2) is 67.4 Å². The first-order valence-electron chi connectivity index (χ1n) is 9.94. The number of nitrogens with zero attached hydrogens (tertiary/aromatic N) is 4. The van der Waals surface area contributed by atoms with Gasteiger partial charge in [0.25, 0.3) is 0 Å². The quantitative estimate of drug-likeness (QED) is 0.740.